The van der Waals surface area contributed by atoms with Gasteiger partial charge in [-0.2, -0.15) is 0 Å². The number of hydrogen-bond acceptors (Lipinski definition) is 5. The lowest BCUT2D eigenvalue weighted by Crippen LogP contribution is -2.41. The highest BCUT2D eigenvalue weighted by Gasteiger charge is 2.16. The van der Waals surface area contributed by atoms with Crippen molar-refractivity contribution in [3.63, 3.8) is 0 Å². The van der Waals surface area contributed by atoms with E-state index in [9.17, 15) is 14.4 Å². The molecule has 3 aromatic carbocycles. The topological polar surface area (TPSA) is 91.6 Å². The average Bonchev–Trinajstić information content (AvgIpc) is 3.34. The van der Waals surface area contributed by atoms with Crippen LogP contribution in [0.25, 0.3) is 10.9 Å². The van der Waals surface area contributed by atoms with Crippen molar-refractivity contribution in [1.29, 1.82) is 0 Å². The molecule has 178 valence electrons. The second-order valence-electron chi connectivity index (χ2n) is 8.15. The van der Waals surface area contributed by atoms with Crippen molar-refractivity contribution in [1.82, 2.24) is 14.5 Å². The number of nitrogens with zero attached hydrogens (tertiary/aromatic N) is 2. The van der Waals surface area contributed by atoms with Crippen molar-refractivity contribution in [3.8, 4) is 11.5 Å². The van der Waals surface area contributed by atoms with Gasteiger partial charge in [0.05, 0.1) is 17.4 Å². The van der Waals surface area contributed by atoms with Gasteiger partial charge in [-0.05, 0) is 41.5 Å². The fourth-order valence-electron chi connectivity index (χ4n) is 4.07. The highest BCUT2D eigenvalue weighted by atomic mass is 35.5. The number of rotatable bonds is 7. The van der Waals surface area contributed by atoms with Gasteiger partial charge in [0.2, 0.25) is 12.7 Å². The number of ether oxygens (including phenoxy) is 2. The number of fused-ring (bicyclic) bond motifs is 2. The molecule has 0 saturated carbocycles. The quantitative estimate of drug-likeness (QED) is 0.428. The lowest BCUT2D eigenvalue weighted by atomic mass is 10.2. The fraction of sp³-hybridized carbons (Fsp3) is 0.192. The van der Waals surface area contributed by atoms with Crippen LogP contribution in [-0.2, 0) is 24.4 Å². The van der Waals surface area contributed by atoms with Crippen LogP contribution in [0.4, 0.5) is 0 Å². The van der Waals surface area contributed by atoms with Crippen molar-refractivity contribution in [2.75, 3.05) is 6.79 Å². The number of nitrogens with one attached hydrogen (secondary N) is 1. The van der Waals surface area contributed by atoms with E-state index >= 15 is 0 Å². The Labute approximate surface area is 205 Å². The molecule has 35 heavy (non-hydrogen) atoms. The Kier molecular flexibility index (Phi) is 6.29. The lowest BCUT2D eigenvalue weighted by molar-refractivity contribution is -0.121. The summed E-state index contributed by atoms with van der Waals surface area (Å²) in [4.78, 5) is 39.0. The largest absolute Gasteiger partial charge is 0.454 e. The molecule has 0 unspecified atom stereocenters. The van der Waals surface area contributed by atoms with Crippen LogP contribution < -0.4 is 26.0 Å². The number of aromatic nitrogens is 2. The molecular formula is C26H22ClN3O5. The predicted octanol–water partition coefficient (Wildman–Crippen LogP) is 3.30. The monoisotopic (exact) mass is 491 g/mol. The van der Waals surface area contributed by atoms with E-state index in [1.165, 1.54) is 4.57 Å². The van der Waals surface area contributed by atoms with E-state index in [0.29, 0.717) is 34.0 Å². The second-order valence-corrected chi connectivity index (χ2v) is 8.56. The van der Waals surface area contributed by atoms with Crippen LogP contribution in [0, 0.1) is 0 Å². The molecule has 1 N–H and O–H groups in total. The van der Waals surface area contributed by atoms with Crippen molar-refractivity contribution >= 4 is 28.4 Å². The van der Waals surface area contributed by atoms with E-state index in [1.54, 1.807) is 36.4 Å². The Hall–Kier alpha value is -4.04. The van der Waals surface area contributed by atoms with E-state index in [1.807, 2.05) is 30.3 Å². The van der Waals surface area contributed by atoms with Gasteiger partial charge < -0.3 is 14.8 Å². The molecule has 9 heteroatoms. The van der Waals surface area contributed by atoms with Crippen LogP contribution in [-0.4, -0.2) is 21.8 Å². The Morgan fingerprint density at radius 1 is 0.943 bits per heavy atom. The smallest absolute Gasteiger partial charge is 0.331 e. The summed E-state index contributed by atoms with van der Waals surface area (Å²) in [5, 5.41) is 3.76. The number of para-hydroxylation sites is 1. The molecule has 0 saturated heterocycles. The lowest BCUT2D eigenvalue weighted by Gasteiger charge is -2.15. The first-order valence-corrected chi connectivity index (χ1v) is 11.5. The minimum absolute atomic E-state index is 0.0237. The third-order valence-electron chi connectivity index (χ3n) is 5.91. The molecule has 8 nitrogen and oxygen atoms in total. The second kappa shape index (κ2) is 9.68. The molecule has 0 bridgehead atoms. The molecule has 0 fully saturated rings. The SMILES string of the molecule is O=C(CCn1c(=O)c2ccccc2n(Cc2ccccc2Cl)c1=O)NCc1ccc2c(c1)OCO2. The van der Waals surface area contributed by atoms with Gasteiger partial charge in [0.25, 0.3) is 5.56 Å². The minimum atomic E-state index is -0.489. The molecule has 0 radical (unpaired) electrons. The van der Waals surface area contributed by atoms with Crippen molar-refractivity contribution in [3.05, 3.63) is 104 Å². The molecular weight excluding hydrogens is 470 g/mol. The van der Waals surface area contributed by atoms with E-state index in [0.717, 1.165) is 15.7 Å². The van der Waals surface area contributed by atoms with Gasteiger partial charge in [0.15, 0.2) is 11.5 Å². The van der Waals surface area contributed by atoms with Crippen LogP contribution >= 0.6 is 11.6 Å². The van der Waals surface area contributed by atoms with E-state index in [4.69, 9.17) is 21.1 Å². The number of amides is 1. The molecule has 2 heterocycles. The molecule has 1 aliphatic rings. The Morgan fingerprint density at radius 3 is 2.57 bits per heavy atom. The highest BCUT2D eigenvalue weighted by molar-refractivity contribution is 6.31. The van der Waals surface area contributed by atoms with Gasteiger partial charge >= 0.3 is 5.69 Å². The Balaban J connectivity index is 1.36. The predicted molar refractivity (Wildman–Crippen MR) is 132 cm³/mol. The molecule has 1 aromatic heterocycles. The van der Waals surface area contributed by atoms with Gasteiger partial charge in [-0.1, -0.05) is 48.0 Å². The third-order valence-corrected chi connectivity index (χ3v) is 6.28. The maximum atomic E-state index is 13.3. The average molecular weight is 492 g/mol. The van der Waals surface area contributed by atoms with Gasteiger partial charge in [-0.15, -0.1) is 0 Å². The number of carbonyl (C=O) groups is 1. The van der Waals surface area contributed by atoms with E-state index in [2.05, 4.69) is 5.32 Å². The van der Waals surface area contributed by atoms with Crippen molar-refractivity contribution in [2.45, 2.75) is 26.1 Å². The number of hydrogen-bond donors (Lipinski definition) is 1. The highest BCUT2D eigenvalue weighted by Crippen LogP contribution is 2.32. The van der Waals surface area contributed by atoms with Gasteiger partial charge in [0, 0.05) is 24.5 Å². The zero-order chi connectivity index (χ0) is 24.4. The molecule has 1 aliphatic heterocycles. The maximum Gasteiger partial charge on any atom is 0.331 e. The van der Waals surface area contributed by atoms with Crippen molar-refractivity contribution in [2.24, 2.45) is 0 Å². The normalized spacial score (nSPS) is 12.1. The molecule has 1 amide bonds. The van der Waals surface area contributed by atoms with Crippen LogP contribution in [0.3, 0.4) is 0 Å². The van der Waals surface area contributed by atoms with Crippen LogP contribution in [0.2, 0.25) is 5.02 Å². The third kappa shape index (κ3) is 4.65. The zero-order valence-corrected chi connectivity index (χ0v) is 19.5. The fourth-order valence-corrected chi connectivity index (χ4v) is 4.27. The first-order chi connectivity index (χ1) is 17.0. The standard InChI is InChI=1S/C26H22ClN3O5/c27-20-7-3-1-5-18(20)15-30-21-8-4-2-6-19(21)25(32)29(26(30)33)12-11-24(31)28-14-17-9-10-22-23(13-17)35-16-34-22/h1-10,13H,11-12,14-16H2,(H,28,31). The Bertz CT molecular complexity index is 1540. The van der Waals surface area contributed by atoms with Crippen LogP contribution in [0.5, 0.6) is 11.5 Å². The van der Waals surface area contributed by atoms with Crippen LogP contribution in [0.15, 0.2) is 76.3 Å². The molecule has 0 spiro atoms. The summed E-state index contributed by atoms with van der Waals surface area (Å²) in [7, 11) is 0. The summed E-state index contributed by atoms with van der Waals surface area (Å²) < 4.78 is 13.3. The van der Waals surface area contributed by atoms with Gasteiger partial charge in [-0.3, -0.25) is 18.7 Å². The van der Waals surface area contributed by atoms with E-state index in [-0.39, 0.29) is 32.2 Å². The number of benzene rings is 3. The summed E-state index contributed by atoms with van der Waals surface area (Å²) >= 11 is 6.32. The Morgan fingerprint density at radius 2 is 1.71 bits per heavy atom. The summed E-state index contributed by atoms with van der Waals surface area (Å²) in [5.74, 6) is 1.03. The molecule has 5 rings (SSSR count). The molecule has 0 atom stereocenters. The number of halogens is 1. The van der Waals surface area contributed by atoms with Gasteiger partial charge in [0.1, 0.15) is 0 Å². The summed E-state index contributed by atoms with van der Waals surface area (Å²) in [6.07, 6.45) is -0.0237. The summed E-state index contributed by atoms with van der Waals surface area (Å²) in [6, 6.07) is 19.6. The first-order valence-electron chi connectivity index (χ1n) is 11.1. The van der Waals surface area contributed by atoms with Crippen LogP contribution in [0.1, 0.15) is 17.5 Å². The molecule has 4 aromatic rings. The first kappa shape index (κ1) is 22.7. The maximum absolute atomic E-state index is 13.3. The minimum Gasteiger partial charge on any atom is -0.454 e. The van der Waals surface area contributed by atoms with Gasteiger partial charge in [-0.25, -0.2) is 4.79 Å². The summed E-state index contributed by atoms with van der Waals surface area (Å²) in [6.45, 7) is 0.631. The number of carbonyl (C=O) groups excluding carboxylic acids is 1. The molecule has 0 aliphatic carbocycles. The van der Waals surface area contributed by atoms with Crippen molar-refractivity contribution < 1.29 is 14.3 Å². The van der Waals surface area contributed by atoms with E-state index < -0.39 is 11.2 Å². The zero-order valence-electron chi connectivity index (χ0n) is 18.7. The summed E-state index contributed by atoms with van der Waals surface area (Å²) in [5.41, 5.74) is 1.22.